The van der Waals surface area contributed by atoms with Gasteiger partial charge in [0.2, 0.25) is 0 Å². The number of nitrogens with zero attached hydrogens (tertiary/aromatic N) is 2. The highest BCUT2D eigenvalue weighted by Crippen LogP contribution is 2.29. The minimum absolute atomic E-state index is 0.301. The van der Waals surface area contributed by atoms with Crippen molar-refractivity contribution in [3.63, 3.8) is 0 Å². The van der Waals surface area contributed by atoms with Crippen LogP contribution in [-0.4, -0.2) is 23.6 Å². The van der Waals surface area contributed by atoms with Crippen molar-refractivity contribution in [1.29, 1.82) is 0 Å². The van der Waals surface area contributed by atoms with E-state index < -0.39 is 5.82 Å². The minimum atomic E-state index is -0.428. The lowest BCUT2D eigenvalue weighted by atomic mass is 10.2. The van der Waals surface area contributed by atoms with Crippen molar-refractivity contribution in [1.82, 2.24) is 9.97 Å². The monoisotopic (exact) mass is 373 g/mol. The van der Waals surface area contributed by atoms with E-state index in [0.29, 0.717) is 41.1 Å². The molecule has 0 radical (unpaired) electrons. The van der Waals surface area contributed by atoms with Crippen molar-refractivity contribution in [3.05, 3.63) is 39.2 Å². The molecule has 112 valence electrons. The molecule has 0 saturated heterocycles. The molecule has 0 aliphatic heterocycles. The summed E-state index contributed by atoms with van der Waals surface area (Å²) in [6.45, 7) is 2.98. The predicted octanol–water partition coefficient (Wildman–Crippen LogP) is 4.28. The number of hydrogen-bond donors (Lipinski definition) is 1. The third-order valence-electron chi connectivity index (χ3n) is 2.67. The fourth-order valence-electron chi connectivity index (χ4n) is 1.82. The zero-order valence-electron chi connectivity index (χ0n) is 11.6. The van der Waals surface area contributed by atoms with Gasteiger partial charge in [-0.25, -0.2) is 14.4 Å². The smallest absolute Gasteiger partial charge is 0.162 e. The van der Waals surface area contributed by atoms with E-state index in [1.165, 1.54) is 12.1 Å². The van der Waals surface area contributed by atoms with Gasteiger partial charge >= 0.3 is 0 Å². The molecule has 2 rings (SSSR count). The number of methoxy groups -OCH3 is 1. The predicted molar refractivity (Wildman–Crippen MR) is 85.0 cm³/mol. The molecule has 2 aromatic rings. The number of nitrogens with one attached hydrogen (secondary N) is 1. The first-order valence-electron chi connectivity index (χ1n) is 6.30. The number of anilines is 1. The van der Waals surface area contributed by atoms with Gasteiger partial charge in [-0.05, 0) is 41.1 Å². The molecule has 0 bridgehead atoms. The average molecular weight is 375 g/mol. The van der Waals surface area contributed by atoms with Crippen LogP contribution in [0, 0.1) is 5.82 Å². The lowest BCUT2D eigenvalue weighted by Gasteiger charge is -2.12. The SMILES string of the molecule is CCNc1nc(-c2cc(F)cc(Cl)c2)nc(COC)c1Br. The first kappa shape index (κ1) is 16.1. The molecule has 0 spiro atoms. The molecule has 4 nitrogen and oxygen atoms in total. The van der Waals surface area contributed by atoms with Crippen LogP contribution < -0.4 is 5.32 Å². The third kappa shape index (κ3) is 3.90. The molecule has 0 amide bonds. The number of rotatable bonds is 5. The highest BCUT2D eigenvalue weighted by molar-refractivity contribution is 9.10. The second-order valence-corrected chi connectivity index (χ2v) is 5.51. The number of benzene rings is 1. The van der Waals surface area contributed by atoms with Gasteiger partial charge in [0.15, 0.2) is 5.82 Å². The molecule has 1 aromatic heterocycles. The summed E-state index contributed by atoms with van der Waals surface area (Å²) in [5.74, 6) is 0.597. The van der Waals surface area contributed by atoms with Crippen LogP contribution in [0.4, 0.5) is 10.2 Å². The van der Waals surface area contributed by atoms with Crippen molar-refractivity contribution < 1.29 is 9.13 Å². The first-order valence-corrected chi connectivity index (χ1v) is 7.48. The molecule has 0 atom stereocenters. The van der Waals surface area contributed by atoms with Gasteiger partial charge in [0.05, 0.1) is 16.8 Å². The van der Waals surface area contributed by atoms with Crippen LogP contribution in [0.5, 0.6) is 0 Å². The molecule has 0 aliphatic carbocycles. The molecule has 0 aliphatic rings. The first-order chi connectivity index (χ1) is 10.0. The summed E-state index contributed by atoms with van der Waals surface area (Å²) < 4.78 is 19.4. The van der Waals surface area contributed by atoms with E-state index in [1.54, 1.807) is 13.2 Å². The van der Waals surface area contributed by atoms with Gasteiger partial charge in [-0.15, -0.1) is 0 Å². The molecule has 1 heterocycles. The Bertz CT molecular complexity index is 607. The summed E-state index contributed by atoms with van der Waals surface area (Å²) in [5, 5.41) is 3.43. The fraction of sp³-hybridized carbons (Fsp3) is 0.286. The van der Waals surface area contributed by atoms with Gasteiger partial charge < -0.3 is 10.1 Å². The second kappa shape index (κ2) is 7.15. The Morgan fingerprint density at radius 2 is 2.10 bits per heavy atom. The molecule has 0 fully saturated rings. The van der Waals surface area contributed by atoms with Crippen LogP contribution in [0.2, 0.25) is 5.02 Å². The molecule has 0 saturated carbocycles. The van der Waals surface area contributed by atoms with Crippen LogP contribution in [0.1, 0.15) is 12.6 Å². The molecular weight excluding hydrogens is 361 g/mol. The van der Waals surface area contributed by atoms with Gasteiger partial charge in [-0.3, -0.25) is 0 Å². The fourth-order valence-corrected chi connectivity index (χ4v) is 2.48. The van der Waals surface area contributed by atoms with Crippen LogP contribution in [0.15, 0.2) is 22.7 Å². The van der Waals surface area contributed by atoms with Crippen molar-refractivity contribution in [2.24, 2.45) is 0 Å². The summed E-state index contributed by atoms with van der Waals surface area (Å²) in [6, 6.07) is 4.22. The van der Waals surface area contributed by atoms with E-state index in [0.717, 1.165) is 4.47 Å². The van der Waals surface area contributed by atoms with E-state index >= 15 is 0 Å². The number of aromatic nitrogens is 2. The quantitative estimate of drug-likeness (QED) is 0.849. The van der Waals surface area contributed by atoms with E-state index in [-0.39, 0.29) is 0 Å². The molecule has 0 unspecified atom stereocenters. The molecular formula is C14H14BrClFN3O. The van der Waals surface area contributed by atoms with Crippen molar-refractivity contribution >= 4 is 33.3 Å². The van der Waals surface area contributed by atoms with Crippen LogP contribution in [-0.2, 0) is 11.3 Å². The van der Waals surface area contributed by atoms with E-state index in [4.69, 9.17) is 16.3 Å². The topological polar surface area (TPSA) is 47.0 Å². The van der Waals surface area contributed by atoms with Crippen molar-refractivity contribution in [2.75, 3.05) is 19.0 Å². The van der Waals surface area contributed by atoms with E-state index in [9.17, 15) is 4.39 Å². The Morgan fingerprint density at radius 3 is 2.71 bits per heavy atom. The molecule has 1 aromatic carbocycles. The largest absolute Gasteiger partial charge is 0.378 e. The van der Waals surface area contributed by atoms with Gasteiger partial charge in [-0.1, -0.05) is 11.6 Å². The number of halogens is 3. The third-order valence-corrected chi connectivity index (χ3v) is 3.72. The summed E-state index contributed by atoms with van der Waals surface area (Å²) in [7, 11) is 1.58. The summed E-state index contributed by atoms with van der Waals surface area (Å²) in [5.41, 5.74) is 1.20. The lowest BCUT2D eigenvalue weighted by molar-refractivity contribution is 0.181. The van der Waals surface area contributed by atoms with Gasteiger partial charge in [0.1, 0.15) is 11.6 Å². The van der Waals surface area contributed by atoms with Crippen LogP contribution in [0.3, 0.4) is 0 Å². The number of ether oxygens (including phenoxy) is 1. The molecule has 21 heavy (non-hydrogen) atoms. The molecule has 7 heteroatoms. The highest BCUT2D eigenvalue weighted by Gasteiger charge is 2.14. The van der Waals surface area contributed by atoms with Crippen molar-refractivity contribution in [2.45, 2.75) is 13.5 Å². The van der Waals surface area contributed by atoms with Crippen LogP contribution >= 0.6 is 27.5 Å². The van der Waals surface area contributed by atoms with Crippen LogP contribution in [0.25, 0.3) is 11.4 Å². The Hall–Kier alpha value is -1.24. The Balaban J connectivity index is 2.56. The lowest BCUT2D eigenvalue weighted by Crippen LogP contribution is -2.07. The maximum Gasteiger partial charge on any atom is 0.162 e. The van der Waals surface area contributed by atoms with Gasteiger partial charge in [-0.2, -0.15) is 0 Å². The van der Waals surface area contributed by atoms with Crippen molar-refractivity contribution in [3.8, 4) is 11.4 Å². The standard InChI is InChI=1S/C14H14BrClFN3O/c1-3-18-14-12(15)11(7-21-2)19-13(20-14)8-4-9(16)6-10(17)5-8/h4-6H,3,7H2,1-2H3,(H,18,19,20). The molecule has 1 N–H and O–H groups in total. The van der Waals surface area contributed by atoms with E-state index in [2.05, 4.69) is 31.2 Å². The minimum Gasteiger partial charge on any atom is -0.378 e. The zero-order chi connectivity index (χ0) is 15.4. The highest BCUT2D eigenvalue weighted by atomic mass is 79.9. The normalized spacial score (nSPS) is 10.7. The Kier molecular flexibility index (Phi) is 5.50. The van der Waals surface area contributed by atoms with Gasteiger partial charge in [0.25, 0.3) is 0 Å². The summed E-state index contributed by atoms with van der Waals surface area (Å²) >= 11 is 9.34. The summed E-state index contributed by atoms with van der Waals surface area (Å²) in [6.07, 6.45) is 0. The van der Waals surface area contributed by atoms with E-state index in [1.807, 2.05) is 6.92 Å². The Labute approximate surface area is 135 Å². The number of hydrogen-bond acceptors (Lipinski definition) is 4. The maximum absolute atomic E-state index is 13.5. The van der Waals surface area contributed by atoms with Gasteiger partial charge in [0, 0.05) is 24.2 Å². The zero-order valence-corrected chi connectivity index (χ0v) is 13.9. The summed E-state index contributed by atoms with van der Waals surface area (Å²) in [4.78, 5) is 8.82. The Morgan fingerprint density at radius 1 is 1.33 bits per heavy atom. The average Bonchev–Trinajstić information content (AvgIpc) is 2.42. The maximum atomic E-state index is 13.5. The second-order valence-electron chi connectivity index (χ2n) is 4.28.